The number of amides is 1. The average Bonchev–Trinajstić information content (AvgIpc) is 2.89. The van der Waals surface area contributed by atoms with Gasteiger partial charge in [0, 0.05) is 24.4 Å². The number of phenolic OH excluding ortho intramolecular Hbond substituents is 1. The van der Waals surface area contributed by atoms with Gasteiger partial charge in [0.15, 0.2) is 5.69 Å². The maximum atomic E-state index is 12.3. The van der Waals surface area contributed by atoms with Gasteiger partial charge in [0.2, 0.25) is 5.76 Å². The number of carboxylic acids is 1. The van der Waals surface area contributed by atoms with Crippen LogP contribution in [0.15, 0.2) is 34.9 Å². The topological polar surface area (TPSA) is 104 Å². The second-order valence-corrected chi connectivity index (χ2v) is 3.95. The van der Waals surface area contributed by atoms with Crippen LogP contribution in [0.4, 0.5) is 5.69 Å². The smallest absolute Gasteiger partial charge is 0.374 e. The number of carbonyl (C=O) groups excluding carboxylic acids is 1. The second kappa shape index (κ2) is 5.43. The van der Waals surface area contributed by atoms with Crippen molar-refractivity contribution < 1.29 is 24.3 Å². The van der Waals surface area contributed by atoms with Crippen LogP contribution in [0, 0.1) is 0 Å². The number of benzene rings is 1. The number of aromatic carboxylic acids is 1. The Labute approximate surface area is 114 Å². The summed E-state index contributed by atoms with van der Waals surface area (Å²) in [4.78, 5) is 24.3. The molecule has 7 nitrogen and oxygen atoms in total. The Kier molecular flexibility index (Phi) is 3.69. The van der Waals surface area contributed by atoms with Crippen LogP contribution in [-0.2, 0) is 0 Å². The molecule has 104 valence electrons. The van der Waals surface area contributed by atoms with Crippen LogP contribution in [0.3, 0.4) is 0 Å². The average molecular weight is 276 g/mol. The molecule has 0 aliphatic rings. The lowest BCUT2D eigenvalue weighted by Crippen LogP contribution is -2.30. The van der Waals surface area contributed by atoms with Gasteiger partial charge < -0.3 is 19.6 Å². The van der Waals surface area contributed by atoms with Crippen LogP contribution in [0.2, 0.25) is 0 Å². The van der Waals surface area contributed by atoms with Crippen molar-refractivity contribution >= 4 is 17.6 Å². The minimum atomic E-state index is -1.29. The lowest BCUT2D eigenvalue weighted by Gasteiger charge is -2.19. The number of nitrogens with zero attached hydrogens (tertiary/aromatic N) is 2. The van der Waals surface area contributed by atoms with E-state index in [2.05, 4.69) is 9.68 Å². The molecule has 0 fully saturated rings. The van der Waals surface area contributed by atoms with Gasteiger partial charge in [-0.1, -0.05) is 11.2 Å². The van der Waals surface area contributed by atoms with Crippen molar-refractivity contribution in [3.63, 3.8) is 0 Å². The Morgan fingerprint density at radius 3 is 2.65 bits per heavy atom. The number of rotatable bonds is 4. The van der Waals surface area contributed by atoms with Crippen LogP contribution in [0.25, 0.3) is 0 Å². The molecule has 1 aromatic heterocycles. The third kappa shape index (κ3) is 2.61. The summed E-state index contributed by atoms with van der Waals surface area (Å²) in [6.07, 6.45) is 0. The van der Waals surface area contributed by atoms with Crippen LogP contribution < -0.4 is 4.90 Å². The highest BCUT2D eigenvalue weighted by Gasteiger charge is 2.22. The first-order valence-corrected chi connectivity index (χ1v) is 5.84. The van der Waals surface area contributed by atoms with Crippen molar-refractivity contribution in [3.05, 3.63) is 41.8 Å². The molecule has 0 saturated heterocycles. The fourth-order valence-corrected chi connectivity index (χ4v) is 1.72. The van der Waals surface area contributed by atoms with Crippen molar-refractivity contribution in [3.8, 4) is 5.75 Å². The molecular weight excluding hydrogens is 264 g/mol. The van der Waals surface area contributed by atoms with Crippen molar-refractivity contribution in [2.75, 3.05) is 11.4 Å². The number of hydrogen-bond donors (Lipinski definition) is 2. The SMILES string of the molecule is CCN(C(=O)c1cc(C(=O)O)on1)c1cccc(O)c1. The van der Waals surface area contributed by atoms with E-state index >= 15 is 0 Å². The van der Waals surface area contributed by atoms with Gasteiger partial charge in [-0.3, -0.25) is 4.79 Å². The molecule has 7 heteroatoms. The molecule has 0 aliphatic carbocycles. The maximum Gasteiger partial charge on any atom is 0.374 e. The normalized spacial score (nSPS) is 10.2. The summed E-state index contributed by atoms with van der Waals surface area (Å²) in [7, 11) is 0. The molecule has 0 bridgehead atoms. The van der Waals surface area contributed by atoms with E-state index in [-0.39, 0.29) is 11.4 Å². The van der Waals surface area contributed by atoms with E-state index in [1.807, 2.05) is 0 Å². The highest BCUT2D eigenvalue weighted by Crippen LogP contribution is 2.21. The molecule has 2 rings (SSSR count). The monoisotopic (exact) mass is 276 g/mol. The van der Waals surface area contributed by atoms with E-state index in [9.17, 15) is 14.7 Å². The molecule has 2 aromatic rings. The van der Waals surface area contributed by atoms with E-state index in [1.165, 1.54) is 17.0 Å². The predicted molar refractivity (Wildman–Crippen MR) is 68.9 cm³/mol. The van der Waals surface area contributed by atoms with Gasteiger partial charge in [-0.25, -0.2) is 4.79 Å². The number of aromatic hydroxyl groups is 1. The van der Waals surface area contributed by atoms with Gasteiger partial charge in [0.25, 0.3) is 5.91 Å². The summed E-state index contributed by atoms with van der Waals surface area (Å²) in [5, 5.41) is 21.6. The number of aromatic nitrogens is 1. The third-order valence-electron chi connectivity index (χ3n) is 2.64. The number of phenols is 1. The van der Waals surface area contributed by atoms with Gasteiger partial charge in [-0.15, -0.1) is 0 Å². The molecule has 0 saturated carbocycles. The molecular formula is C13H12N2O5. The molecule has 0 spiro atoms. The lowest BCUT2D eigenvalue weighted by atomic mass is 10.2. The van der Waals surface area contributed by atoms with Crippen molar-refractivity contribution in [2.24, 2.45) is 0 Å². The molecule has 20 heavy (non-hydrogen) atoms. The van der Waals surface area contributed by atoms with Crippen molar-refractivity contribution in [1.82, 2.24) is 5.16 Å². The Morgan fingerprint density at radius 1 is 1.35 bits per heavy atom. The lowest BCUT2D eigenvalue weighted by molar-refractivity contribution is 0.0651. The first kappa shape index (κ1) is 13.6. The van der Waals surface area contributed by atoms with Crippen LogP contribution in [0.5, 0.6) is 5.75 Å². The minimum absolute atomic E-state index is 0.0279. The Hall–Kier alpha value is -2.83. The zero-order chi connectivity index (χ0) is 14.7. The second-order valence-electron chi connectivity index (χ2n) is 3.95. The molecule has 1 amide bonds. The fourth-order valence-electron chi connectivity index (χ4n) is 1.72. The summed E-state index contributed by atoms with van der Waals surface area (Å²) in [5.74, 6) is -2.17. The largest absolute Gasteiger partial charge is 0.508 e. The highest BCUT2D eigenvalue weighted by molar-refractivity contribution is 6.05. The molecule has 0 radical (unpaired) electrons. The van der Waals surface area contributed by atoms with Crippen molar-refractivity contribution in [2.45, 2.75) is 6.92 Å². The van der Waals surface area contributed by atoms with Gasteiger partial charge in [-0.2, -0.15) is 0 Å². The summed E-state index contributed by atoms with van der Waals surface area (Å²) in [6.45, 7) is 2.08. The van der Waals surface area contributed by atoms with Gasteiger partial charge in [0.1, 0.15) is 5.75 Å². The van der Waals surface area contributed by atoms with Gasteiger partial charge in [0.05, 0.1) is 0 Å². The van der Waals surface area contributed by atoms with Crippen LogP contribution in [0.1, 0.15) is 28.0 Å². The number of carbonyl (C=O) groups is 2. The highest BCUT2D eigenvalue weighted by atomic mass is 16.5. The molecule has 1 heterocycles. The summed E-state index contributed by atoms with van der Waals surface area (Å²) >= 11 is 0. The number of anilines is 1. The standard InChI is InChI=1S/C13H12N2O5/c1-2-15(8-4-3-5-9(16)6-8)12(17)10-7-11(13(18)19)20-14-10/h3-7,16H,2H2,1H3,(H,18,19). The number of carboxylic acid groups (broad SMARTS) is 1. The maximum absolute atomic E-state index is 12.3. The molecule has 1 aromatic carbocycles. The number of hydrogen-bond acceptors (Lipinski definition) is 5. The Balaban J connectivity index is 2.31. The van der Waals surface area contributed by atoms with Crippen LogP contribution in [-0.4, -0.2) is 33.8 Å². The van der Waals surface area contributed by atoms with E-state index in [0.29, 0.717) is 12.2 Å². The Morgan fingerprint density at radius 2 is 2.10 bits per heavy atom. The van der Waals surface area contributed by atoms with Crippen molar-refractivity contribution in [1.29, 1.82) is 0 Å². The van der Waals surface area contributed by atoms with Gasteiger partial charge in [-0.05, 0) is 19.1 Å². The quantitative estimate of drug-likeness (QED) is 0.881. The Bertz CT molecular complexity index is 650. The molecule has 0 aliphatic heterocycles. The molecule has 2 N–H and O–H groups in total. The predicted octanol–water partition coefficient (Wildman–Crippen LogP) is 1.75. The fraction of sp³-hybridized carbons (Fsp3) is 0.154. The third-order valence-corrected chi connectivity index (χ3v) is 2.64. The van der Waals surface area contributed by atoms with Gasteiger partial charge >= 0.3 is 5.97 Å². The van der Waals surface area contributed by atoms with E-state index in [0.717, 1.165) is 6.07 Å². The first-order chi connectivity index (χ1) is 9.52. The summed E-state index contributed by atoms with van der Waals surface area (Å²) < 4.78 is 4.56. The van der Waals surface area contributed by atoms with E-state index in [4.69, 9.17) is 5.11 Å². The minimum Gasteiger partial charge on any atom is -0.508 e. The molecule has 0 atom stereocenters. The van der Waals surface area contributed by atoms with E-state index < -0.39 is 17.6 Å². The molecule has 0 unspecified atom stereocenters. The van der Waals surface area contributed by atoms with E-state index in [1.54, 1.807) is 19.1 Å². The summed E-state index contributed by atoms with van der Waals surface area (Å²) in [5.41, 5.74) is 0.380. The summed E-state index contributed by atoms with van der Waals surface area (Å²) in [6, 6.07) is 7.24. The zero-order valence-electron chi connectivity index (χ0n) is 10.6. The zero-order valence-corrected chi connectivity index (χ0v) is 10.6. The van der Waals surface area contributed by atoms with Crippen LogP contribution >= 0.6 is 0 Å². The first-order valence-electron chi connectivity index (χ1n) is 5.84.